The normalized spacial score (nSPS) is 15.1. The van der Waals surface area contributed by atoms with Gasteiger partial charge < -0.3 is 4.90 Å². The average molecular weight is 446 g/mol. The molecule has 0 unspecified atom stereocenters. The van der Waals surface area contributed by atoms with Crippen LogP contribution in [0.5, 0.6) is 0 Å². The molecule has 4 rings (SSSR count). The number of carbonyl (C=O) groups excluding carboxylic acids is 2. The molecule has 1 fully saturated rings. The molecule has 1 saturated heterocycles. The van der Waals surface area contributed by atoms with Crippen molar-refractivity contribution in [1.29, 1.82) is 0 Å². The highest BCUT2D eigenvalue weighted by Gasteiger charge is 2.43. The summed E-state index contributed by atoms with van der Waals surface area (Å²) in [6.07, 6.45) is -4.28. The molecule has 1 amide bonds. The van der Waals surface area contributed by atoms with Gasteiger partial charge in [0.05, 0.1) is 5.69 Å². The van der Waals surface area contributed by atoms with Crippen LogP contribution in [0.3, 0.4) is 0 Å². The lowest BCUT2D eigenvalue weighted by Gasteiger charge is -2.31. The molecule has 0 saturated carbocycles. The lowest BCUT2D eigenvalue weighted by Crippen LogP contribution is -2.41. The number of piperidine rings is 1. The number of rotatable bonds is 4. The minimum atomic E-state index is -4.94. The molecule has 0 N–H and O–H groups in total. The van der Waals surface area contributed by atoms with Gasteiger partial charge in [0.25, 0.3) is 5.91 Å². The van der Waals surface area contributed by atoms with Gasteiger partial charge in [-0.1, -0.05) is 41.6 Å². The highest BCUT2D eigenvalue weighted by atomic mass is 19.4. The second-order valence-corrected chi connectivity index (χ2v) is 7.47. The number of carbonyl (C=O) groups is 2. The van der Waals surface area contributed by atoms with Crippen LogP contribution in [0.25, 0.3) is 5.69 Å². The van der Waals surface area contributed by atoms with E-state index in [1.165, 1.54) is 17.0 Å². The summed E-state index contributed by atoms with van der Waals surface area (Å²) in [7, 11) is 0. The number of ketones is 1. The van der Waals surface area contributed by atoms with Crippen LogP contribution in [0.4, 0.5) is 17.6 Å². The number of benzene rings is 2. The lowest BCUT2D eigenvalue weighted by molar-refractivity contribution is -0.143. The molecule has 0 radical (unpaired) electrons. The first-order valence-electron chi connectivity index (χ1n) is 9.93. The number of hydrogen-bond donors (Lipinski definition) is 0. The SMILES string of the molecule is O=C(c1ccccc1)C1CCN(C(=O)c2nnn(-c3cccc(F)c3)c2C(F)(F)F)CC1. The molecule has 32 heavy (non-hydrogen) atoms. The van der Waals surface area contributed by atoms with Crippen molar-refractivity contribution < 1.29 is 27.2 Å². The largest absolute Gasteiger partial charge is 0.435 e. The van der Waals surface area contributed by atoms with E-state index in [1.807, 2.05) is 0 Å². The van der Waals surface area contributed by atoms with Gasteiger partial charge in [0.15, 0.2) is 17.2 Å². The zero-order chi connectivity index (χ0) is 22.9. The summed E-state index contributed by atoms with van der Waals surface area (Å²) in [5.41, 5.74) is -1.85. The Kier molecular flexibility index (Phi) is 5.77. The smallest absolute Gasteiger partial charge is 0.337 e. The van der Waals surface area contributed by atoms with Gasteiger partial charge in [-0.25, -0.2) is 9.07 Å². The minimum absolute atomic E-state index is 0.0503. The van der Waals surface area contributed by atoms with Crippen molar-refractivity contribution in [2.45, 2.75) is 19.0 Å². The first kappa shape index (κ1) is 21.7. The molecule has 3 aromatic rings. The van der Waals surface area contributed by atoms with Crippen LogP contribution in [0.15, 0.2) is 54.6 Å². The van der Waals surface area contributed by atoms with E-state index in [0.717, 1.165) is 12.1 Å². The van der Waals surface area contributed by atoms with E-state index in [4.69, 9.17) is 0 Å². The monoisotopic (exact) mass is 446 g/mol. The number of halogens is 4. The maximum atomic E-state index is 13.8. The van der Waals surface area contributed by atoms with Crippen molar-refractivity contribution in [2.75, 3.05) is 13.1 Å². The second kappa shape index (κ2) is 8.52. The van der Waals surface area contributed by atoms with Crippen LogP contribution in [-0.2, 0) is 6.18 Å². The van der Waals surface area contributed by atoms with Crippen molar-refractivity contribution in [2.24, 2.45) is 5.92 Å². The summed E-state index contributed by atoms with van der Waals surface area (Å²) >= 11 is 0. The van der Waals surface area contributed by atoms with Crippen LogP contribution in [-0.4, -0.2) is 44.7 Å². The Morgan fingerprint density at radius 3 is 2.28 bits per heavy atom. The maximum Gasteiger partial charge on any atom is 0.435 e. The molecule has 1 aliphatic rings. The predicted octanol–water partition coefficient (Wildman–Crippen LogP) is 4.16. The van der Waals surface area contributed by atoms with Gasteiger partial charge in [-0.15, -0.1) is 5.10 Å². The van der Waals surface area contributed by atoms with Gasteiger partial charge >= 0.3 is 6.18 Å². The fourth-order valence-corrected chi connectivity index (χ4v) is 3.80. The quantitative estimate of drug-likeness (QED) is 0.446. The summed E-state index contributed by atoms with van der Waals surface area (Å²) in [6, 6.07) is 13.2. The first-order chi connectivity index (χ1) is 15.3. The summed E-state index contributed by atoms with van der Waals surface area (Å²) in [4.78, 5) is 26.7. The molecule has 2 heterocycles. The van der Waals surface area contributed by atoms with E-state index < -0.39 is 29.3 Å². The number of alkyl halides is 3. The zero-order valence-electron chi connectivity index (χ0n) is 16.7. The number of Topliss-reactive ketones (excluding diaryl/α,β-unsaturated/α-hetero) is 1. The third-order valence-electron chi connectivity index (χ3n) is 5.41. The van der Waals surface area contributed by atoms with E-state index in [9.17, 15) is 27.2 Å². The van der Waals surface area contributed by atoms with Gasteiger partial charge in [-0.2, -0.15) is 13.2 Å². The van der Waals surface area contributed by atoms with Crippen molar-refractivity contribution in [1.82, 2.24) is 19.9 Å². The average Bonchev–Trinajstić information content (AvgIpc) is 3.25. The Morgan fingerprint density at radius 1 is 0.969 bits per heavy atom. The molecule has 0 atom stereocenters. The third-order valence-corrected chi connectivity index (χ3v) is 5.41. The van der Waals surface area contributed by atoms with E-state index in [2.05, 4.69) is 10.3 Å². The Balaban J connectivity index is 1.55. The molecular weight excluding hydrogens is 428 g/mol. The lowest BCUT2D eigenvalue weighted by atomic mass is 9.89. The highest BCUT2D eigenvalue weighted by Crippen LogP contribution is 2.34. The molecule has 10 heteroatoms. The third kappa shape index (κ3) is 4.25. The molecule has 1 aliphatic heterocycles. The molecule has 1 aromatic heterocycles. The topological polar surface area (TPSA) is 68.1 Å². The molecule has 2 aromatic carbocycles. The standard InChI is InChI=1S/C22H18F4N4O2/c23-16-7-4-8-17(13-16)30-20(22(24,25)26)18(27-28-30)21(32)29-11-9-15(10-12-29)19(31)14-5-2-1-3-6-14/h1-8,13,15H,9-12H2. The molecule has 0 aliphatic carbocycles. The van der Waals surface area contributed by atoms with Gasteiger partial charge in [0.1, 0.15) is 5.82 Å². The van der Waals surface area contributed by atoms with Crippen molar-refractivity contribution in [3.8, 4) is 5.69 Å². The minimum Gasteiger partial charge on any atom is -0.337 e. The van der Waals surface area contributed by atoms with Gasteiger partial charge in [0.2, 0.25) is 0 Å². The van der Waals surface area contributed by atoms with E-state index in [1.54, 1.807) is 30.3 Å². The van der Waals surface area contributed by atoms with E-state index in [-0.39, 0.29) is 30.5 Å². The molecule has 166 valence electrons. The molecule has 0 spiro atoms. The maximum absolute atomic E-state index is 13.8. The first-order valence-corrected chi connectivity index (χ1v) is 9.93. The number of nitrogens with zero attached hydrogens (tertiary/aromatic N) is 4. The molecule has 6 nitrogen and oxygen atoms in total. The van der Waals surface area contributed by atoms with Crippen molar-refractivity contribution in [3.63, 3.8) is 0 Å². The predicted molar refractivity (Wildman–Crippen MR) is 106 cm³/mol. The van der Waals surface area contributed by atoms with Crippen LogP contribution < -0.4 is 0 Å². The van der Waals surface area contributed by atoms with Crippen LogP contribution in [0, 0.1) is 11.7 Å². The van der Waals surface area contributed by atoms with Gasteiger partial charge in [-0.05, 0) is 31.0 Å². The van der Waals surface area contributed by atoms with Gasteiger partial charge in [0, 0.05) is 24.6 Å². The van der Waals surface area contributed by atoms with Crippen LogP contribution in [0.1, 0.15) is 39.4 Å². The van der Waals surface area contributed by atoms with E-state index in [0.29, 0.717) is 23.1 Å². The number of aromatic nitrogens is 3. The Morgan fingerprint density at radius 2 is 1.66 bits per heavy atom. The van der Waals surface area contributed by atoms with Crippen LogP contribution >= 0.6 is 0 Å². The number of hydrogen-bond acceptors (Lipinski definition) is 4. The Hall–Kier alpha value is -3.56. The summed E-state index contributed by atoms with van der Waals surface area (Å²) < 4.78 is 55.3. The summed E-state index contributed by atoms with van der Waals surface area (Å²) in [6.45, 7) is 0.235. The van der Waals surface area contributed by atoms with Gasteiger partial charge in [-0.3, -0.25) is 9.59 Å². The second-order valence-electron chi connectivity index (χ2n) is 7.47. The number of likely N-dealkylation sites (tertiary alicyclic amines) is 1. The molecular formula is C22H18F4N4O2. The Labute approximate surface area is 180 Å². The Bertz CT molecular complexity index is 1140. The summed E-state index contributed by atoms with van der Waals surface area (Å²) in [5, 5.41) is 6.95. The van der Waals surface area contributed by atoms with Crippen molar-refractivity contribution >= 4 is 11.7 Å². The van der Waals surface area contributed by atoms with Crippen LogP contribution in [0.2, 0.25) is 0 Å². The van der Waals surface area contributed by atoms with Crippen molar-refractivity contribution in [3.05, 3.63) is 77.4 Å². The zero-order valence-corrected chi connectivity index (χ0v) is 16.7. The fourth-order valence-electron chi connectivity index (χ4n) is 3.80. The summed E-state index contributed by atoms with van der Waals surface area (Å²) in [5.74, 6) is -2.04. The number of amides is 1. The fraction of sp³-hybridized carbons (Fsp3) is 0.273. The highest BCUT2D eigenvalue weighted by molar-refractivity contribution is 5.98. The van der Waals surface area contributed by atoms with E-state index >= 15 is 0 Å². The molecule has 0 bridgehead atoms.